The van der Waals surface area contributed by atoms with Crippen LogP contribution in [0.1, 0.15) is 24.0 Å². The largest absolute Gasteiger partial charge is 0.743 e. The highest BCUT2D eigenvalue weighted by atomic mass is 32.2. The van der Waals surface area contributed by atoms with E-state index in [9.17, 15) is 35.0 Å². The van der Waals surface area contributed by atoms with Gasteiger partial charge in [0.25, 0.3) is 0 Å². The van der Waals surface area contributed by atoms with Gasteiger partial charge < -0.3 is 13.5 Å². The van der Waals surface area contributed by atoms with Crippen LogP contribution in [0.4, 0.5) is 8.78 Å². The van der Waals surface area contributed by atoms with Gasteiger partial charge in [0.15, 0.2) is 15.9 Å². The molecule has 12 heteroatoms. The quantitative estimate of drug-likeness (QED) is 0.278. The molecule has 162 valence electrons. The van der Waals surface area contributed by atoms with Gasteiger partial charge in [0.05, 0.1) is 0 Å². The summed E-state index contributed by atoms with van der Waals surface area (Å²) in [6.07, 6.45) is 3.12. The Labute approximate surface area is 171 Å². The van der Waals surface area contributed by atoms with E-state index in [1.807, 2.05) is 6.07 Å². The fourth-order valence-electron chi connectivity index (χ4n) is 2.99. The summed E-state index contributed by atoms with van der Waals surface area (Å²) in [5.41, 5.74) is 1.62. The second-order valence-corrected chi connectivity index (χ2v) is 9.38. The molecule has 0 atom stereocenters. The molecule has 0 saturated heterocycles. The van der Waals surface area contributed by atoms with E-state index in [2.05, 4.69) is 4.74 Å². The molecule has 0 amide bonds. The van der Waals surface area contributed by atoms with Gasteiger partial charge in [0.1, 0.15) is 10.6 Å². The molecular formula is C18H15F2O8S2-. The summed E-state index contributed by atoms with van der Waals surface area (Å²) in [4.78, 5) is 10.7. The molecule has 0 saturated carbocycles. The van der Waals surface area contributed by atoms with E-state index in [1.165, 1.54) is 12.1 Å². The van der Waals surface area contributed by atoms with Gasteiger partial charge >= 0.3 is 21.3 Å². The summed E-state index contributed by atoms with van der Waals surface area (Å²) in [7, 11) is -11.0. The summed E-state index contributed by atoms with van der Waals surface area (Å²) >= 11 is 0. The number of hydrogen-bond acceptors (Lipinski definition) is 8. The third-order valence-electron chi connectivity index (χ3n) is 4.43. The maximum atomic E-state index is 13.4. The lowest BCUT2D eigenvalue weighted by Gasteiger charge is -2.20. The first-order chi connectivity index (χ1) is 13.9. The van der Waals surface area contributed by atoms with Crippen molar-refractivity contribution in [1.82, 2.24) is 0 Å². The SMILES string of the molecule is O=C(Oc1ccccc1S(=O)(=O)Oc1cccc2c1CCCC2)C(F)(F)S(=O)(=O)[O-]. The van der Waals surface area contributed by atoms with Crippen molar-refractivity contribution in [2.45, 2.75) is 35.8 Å². The van der Waals surface area contributed by atoms with Gasteiger partial charge in [-0.25, -0.2) is 13.2 Å². The van der Waals surface area contributed by atoms with Crippen LogP contribution in [0.15, 0.2) is 47.4 Å². The highest BCUT2D eigenvalue weighted by Crippen LogP contribution is 2.34. The van der Waals surface area contributed by atoms with Crippen molar-refractivity contribution in [1.29, 1.82) is 0 Å². The molecule has 2 aromatic rings. The van der Waals surface area contributed by atoms with E-state index in [0.29, 0.717) is 12.0 Å². The maximum Gasteiger partial charge on any atom is 0.429 e. The van der Waals surface area contributed by atoms with Crippen LogP contribution in [0.3, 0.4) is 0 Å². The maximum absolute atomic E-state index is 13.4. The van der Waals surface area contributed by atoms with Crippen molar-refractivity contribution in [3.05, 3.63) is 53.6 Å². The Hall–Kier alpha value is -2.57. The van der Waals surface area contributed by atoms with E-state index in [-0.39, 0.29) is 5.75 Å². The molecule has 0 unspecified atom stereocenters. The zero-order valence-corrected chi connectivity index (χ0v) is 16.8. The first kappa shape index (κ1) is 22.1. The molecule has 0 heterocycles. The number of rotatable bonds is 6. The molecular weight excluding hydrogens is 446 g/mol. The molecule has 0 spiro atoms. The summed E-state index contributed by atoms with van der Waals surface area (Å²) < 4.78 is 93.6. The molecule has 8 nitrogen and oxygen atoms in total. The number of benzene rings is 2. The molecule has 0 aliphatic heterocycles. The Morgan fingerprint density at radius 3 is 2.27 bits per heavy atom. The smallest absolute Gasteiger partial charge is 0.429 e. The minimum Gasteiger partial charge on any atom is -0.743 e. The molecule has 0 radical (unpaired) electrons. The van der Waals surface area contributed by atoms with Crippen molar-refractivity contribution in [3.8, 4) is 11.5 Å². The summed E-state index contributed by atoms with van der Waals surface area (Å²) in [5, 5.41) is -5.40. The van der Waals surface area contributed by atoms with Crippen LogP contribution in [0.5, 0.6) is 11.5 Å². The van der Waals surface area contributed by atoms with E-state index in [4.69, 9.17) is 4.18 Å². The van der Waals surface area contributed by atoms with E-state index >= 15 is 0 Å². The van der Waals surface area contributed by atoms with Crippen LogP contribution in [0.2, 0.25) is 0 Å². The van der Waals surface area contributed by atoms with Gasteiger partial charge in [-0.1, -0.05) is 24.3 Å². The van der Waals surface area contributed by atoms with Gasteiger partial charge in [-0.2, -0.15) is 17.2 Å². The van der Waals surface area contributed by atoms with Crippen LogP contribution in [-0.2, 0) is 37.9 Å². The topological polar surface area (TPSA) is 127 Å². The summed E-state index contributed by atoms with van der Waals surface area (Å²) in [6, 6.07) is 9.05. The number of ether oxygens (including phenoxy) is 1. The Morgan fingerprint density at radius 2 is 1.57 bits per heavy atom. The molecule has 3 rings (SSSR count). The number of fused-ring (bicyclic) bond motifs is 1. The van der Waals surface area contributed by atoms with Crippen LogP contribution in [-0.4, -0.2) is 32.6 Å². The van der Waals surface area contributed by atoms with Crippen LogP contribution in [0.25, 0.3) is 0 Å². The first-order valence-electron chi connectivity index (χ1n) is 8.63. The predicted molar refractivity (Wildman–Crippen MR) is 97.6 cm³/mol. The first-order valence-corrected chi connectivity index (χ1v) is 11.4. The predicted octanol–water partition coefficient (Wildman–Crippen LogP) is 2.38. The molecule has 0 fully saturated rings. The van der Waals surface area contributed by atoms with Crippen LogP contribution in [0, 0.1) is 0 Å². The highest BCUT2D eigenvalue weighted by Gasteiger charge is 2.49. The average Bonchev–Trinajstić information content (AvgIpc) is 2.67. The van der Waals surface area contributed by atoms with Crippen LogP contribution < -0.4 is 8.92 Å². The average molecular weight is 461 g/mol. The van der Waals surface area contributed by atoms with Crippen LogP contribution >= 0.6 is 0 Å². The fourth-order valence-corrected chi connectivity index (χ4v) is 4.32. The monoisotopic (exact) mass is 461 g/mol. The lowest BCUT2D eigenvalue weighted by molar-refractivity contribution is -0.151. The number of carbonyl (C=O) groups excluding carboxylic acids is 1. The van der Waals surface area contributed by atoms with Crippen molar-refractivity contribution < 1.29 is 43.9 Å². The second-order valence-electron chi connectivity index (χ2n) is 6.45. The third kappa shape index (κ3) is 4.30. The molecule has 0 bridgehead atoms. The minimum absolute atomic E-state index is 0.0563. The van der Waals surface area contributed by atoms with Gasteiger partial charge in [0.2, 0.25) is 0 Å². The standard InChI is InChI=1S/C18H16F2O8S2/c19-18(20,30(24,25)26)17(21)27-15-9-3-4-11-16(15)29(22,23)28-14-10-5-7-12-6-1-2-8-13(12)14/h3-5,7,9-11H,1-2,6,8H2,(H,24,25,26)/p-1. The Kier molecular flexibility index (Phi) is 5.85. The number of carbonyl (C=O) groups is 1. The van der Waals surface area contributed by atoms with Crippen molar-refractivity contribution in [2.75, 3.05) is 0 Å². The second kappa shape index (κ2) is 7.93. The lowest BCUT2D eigenvalue weighted by Crippen LogP contribution is -2.40. The van der Waals surface area contributed by atoms with Gasteiger partial charge in [-0.05, 0) is 55.0 Å². The van der Waals surface area contributed by atoms with Crippen molar-refractivity contribution >= 4 is 26.2 Å². The van der Waals surface area contributed by atoms with E-state index in [0.717, 1.165) is 43.0 Å². The molecule has 1 aliphatic carbocycles. The minimum atomic E-state index is -6.37. The van der Waals surface area contributed by atoms with Crippen molar-refractivity contribution in [3.63, 3.8) is 0 Å². The zero-order valence-electron chi connectivity index (χ0n) is 15.2. The Morgan fingerprint density at radius 1 is 0.933 bits per heavy atom. The highest BCUT2D eigenvalue weighted by molar-refractivity contribution is 7.87. The summed E-state index contributed by atoms with van der Waals surface area (Å²) in [5.74, 6) is -3.58. The number of hydrogen-bond donors (Lipinski definition) is 0. The van der Waals surface area contributed by atoms with Gasteiger partial charge in [0, 0.05) is 0 Å². The number of para-hydroxylation sites is 1. The Balaban J connectivity index is 1.95. The summed E-state index contributed by atoms with van der Waals surface area (Å²) in [6.45, 7) is 0. The molecule has 0 N–H and O–H groups in total. The molecule has 30 heavy (non-hydrogen) atoms. The van der Waals surface area contributed by atoms with Gasteiger partial charge in [-0.15, -0.1) is 0 Å². The Bertz CT molecular complexity index is 1190. The van der Waals surface area contributed by atoms with Gasteiger partial charge in [-0.3, -0.25) is 0 Å². The third-order valence-corrected chi connectivity index (χ3v) is 6.49. The normalized spacial score (nSPS) is 14.6. The van der Waals surface area contributed by atoms with E-state index in [1.54, 1.807) is 6.07 Å². The molecule has 0 aromatic heterocycles. The van der Waals surface area contributed by atoms with E-state index < -0.39 is 42.1 Å². The fraction of sp³-hybridized carbons (Fsp3) is 0.278. The zero-order chi connectivity index (χ0) is 22.2. The molecule has 1 aliphatic rings. The lowest BCUT2D eigenvalue weighted by atomic mass is 9.91. The van der Waals surface area contributed by atoms with Crippen molar-refractivity contribution in [2.24, 2.45) is 0 Å². The molecule has 2 aromatic carbocycles. The number of halogens is 2. The number of alkyl halides is 2. The number of aryl methyl sites for hydroxylation is 1. The number of esters is 1.